The summed E-state index contributed by atoms with van der Waals surface area (Å²) in [5.74, 6) is -3.11. The number of benzene rings is 2. The smallest absolute Gasteiger partial charge is 0.187 e. The van der Waals surface area contributed by atoms with Crippen LogP contribution in [-0.2, 0) is 21.2 Å². The number of nitrogens with zero attached hydrogens (tertiary/aromatic N) is 2. The molecule has 8 heteroatoms. The monoisotopic (exact) mass is 440 g/mol. The summed E-state index contributed by atoms with van der Waals surface area (Å²) in [6, 6.07) is 13.0. The van der Waals surface area contributed by atoms with Gasteiger partial charge >= 0.3 is 0 Å². The van der Waals surface area contributed by atoms with E-state index >= 15 is 0 Å². The van der Waals surface area contributed by atoms with Crippen molar-refractivity contribution < 1.29 is 22.0 Å². The van der Waals surface area contributed by atoms with Gasteiger partial charge < -0.3 is 4.57 Å². The van der Waals surface area contributed by atoms with Crippen LogP contribution in [0.4, 0.5) is 8.78 Å². The van der Waals surface area contributed by atoms with Gasteiger partial charge in [-0.25, -0.2) is 17.2 Å². The Labute approximate surface area is 177 Å². The van der Waals surface area contributed by atoms with Crippen LogP contribution in [0.3, 0.4) is 0 Å². The number of ketones is 1. The van der Waals surface area contributed by atoms with E-state index in [0.29, 0.717) is 6.07 Å². The Bertz CT molecular complexity index is 1400. The van der Waals surface area contributed by atoms with Gasteiger partial charge in [0.1, 0.15) is 23.2 Å². The zero-order valence-electron chi connectivity index (χ0n) is 16.5. The third-order valence-corrected chi connectivity index (χ3v) is 6.63. The zero-order chi connectivity index (χ0) is 22.2. The molecule has 0 saturated heterocycles. The van der Waals surface area contributed by atoms with Crippen LogP contribution in [-0.4, -0.2) is 29.5 Å². The molecule has 2 aromatic carbocycles. The SMILES string of the molecule is CC(=O)CS(=O)(=O)c1cn(Cc2cccc(-c3cccnc3)c2)c2cc(F)cc(F)c12. The average Bonchev–Trinajstić information content (AvgIpc) is 3.07. The van der Waals surface area contributed by atoms with E-state index in [0.717, 1.165) is 29.7 Å². The molecular weight excluding hydrogens is 422 g/mol. The van der Waals surface area contributed by atoms with E-state index in [1.165, 1.54) is 10.8 Å². The number of rotatable bonds is 6. The Morgan fingerprint density at radius 3 is 2.55 bits per heavy atom. The number of carbonyl (C=O) groups is 1. The second-order valence-corrected chi connectivity index (χ2v) is 9.26. The van der Waals surface area contributed by atoms with Gasteiger partial charge in [0, 0.05) is 31.2 Å². The highest BCUT2D eigenvalue weighted by atomic mass is 32.2. The first-order chi connectivity index (χ1) is 14.7. The summed E-state index contributed by atoms with van der Waals surface area (Å²) < 4.78 is 55.4. The van der Waals surface area contributed by atoms with Gasteiger partial charge in [-0.1, -0.05) is 24.3 Å². The van der Waals surface area contributed by atoms with Crippen LogP contribution in [0.15, 0.2) is 72.0 Å². The summed E-state index contributed by atoms with van der Waals surface area (Å²) in [5.41, 5.74) is 2.72. The number of hydrogen-bond acceptors (Lipinski definition) is 4. The molecule has 0 atom stereocenters. The fourth-order valence-electron chi connectivity index (χ4n) is 3.60. The number of hydrogen-bond donors (Lipinski definition) is 0. The third-order valence-electron chi connectivity index (χ3n) is 4.87. The van der Waals surface area contributed by atoms with Crippen LogP contribution in [0, 0.1) is 11.6 Å². The number of sulfone groups is 1. The molecule has 2 heterocycles. The normalized spacial score (nSPS) is 11.7. The Balaban J connectivity index is 1.83. The van der Waals surface area contributed by atoms with E-state index in [1.54, 1.807) is 12.4 Å². The molecule has 0 amide bonds. The molecule has 31 heavy (non-hydrogen) atoms. The van der Waals surface area contributed by atoms with Crippen molar-refractivity contribution in [3.05, 3.63) is 84.3 Å². The second-order valence-electron chi connectivity index (χ2n) is 7.31. The quantitative estimate of drug-likeness (QED) is 0.446. The minimum absolute atomic E-state index is 0.103. The lowest BCUT2D eigenvalue weighted by Crippen LogP contribution is -2.13. The molecule has 4 rings (SSSR count). The highest BCUT2D eigenvalue weighted by Gasteiger charge is 2.25. The molecule has 0 unspecified atom stereocenters. The van der Waals surface area contributed by atoms with E-state index < -0.39 is 33.0 Å². The van der Waals surface area contributed by atoms with Gasteiger partial charge in [-0.2, -0.15) is 0 Å². The van der Waals surface area contributed by atoms with Crippen LogP contribution in [0.2, 0.25) is 0 Å². The van der Waals surface area contributed by atoms with Gasteiger partial charge in [0.2, 0.25) is 0 Å². The molecular formula is C23H18F2N2O3S. The molecule has 4 aromatic rings. The Morgan fingerprint density at radius 2 is 1.84 bits per heavy atom. The molecule has 0 aliphatic carbocycles. The fraction of sp³-hybridized carbons (Fsp3) is 0.130. The molecule has 0 bridgehead atoms. The molecule has 0 saturated carbocycles. The summed E-state index contributed by atoms with van der Waals surface area (Å²) in [5, 5.41) is -0.217. The molecule has 0 spiro atoms. The van der Waals surface area contributed by atoms with Gasteiger partial charge in [-0.15, -0.1) is 0 Å². The first kappa shape index (κ1) is 20.9. The highest BCUT2D eigenvalue weighted by molar-refractivity contribution is 7.92. The number of aromatic nitrogens is 2. The van der Waals surface area contributed by atoms with E-state index in [4.69, 9.17) is 0 Å². The minimum atomic E-state index is -4.09. The van der Waals surface area contributed by atoms with Crippen molar-refractivity contribution in [1.29, 1.82) is 0 Å². The van der Waals surface area contributed by atoms with Crippen LogP contribution in [0.1, 0.15) is 12.5 Å². The summed E-state index contributed by atoms with van der Waals surface area (Å²) in [6.45, 7) is 1.33. The second kappa shape index (κ2) is 8.03. The number of pyridine rings is 1. The van der Waals surface area contributed by atoms with E-state index in [1.807, 2.05) is 36.4 Å². The topological polar surface area (TPSA) is 69.0 Å². The lowest BCUT2D eigenvalue weighted by atomic mass is 10.0. The van der Waals surface area contributed by atoms with Crippen molar-refractivity contribution in [1.82, 2.24) is 9.55 Å². The fourth-order valence-corrected chi connectivity index (χ4v) is 5.09. The minimum Gasteiger partial charge on any atom is -0.342 e. The van der Waals surface area contributed by atoms with Crippen molar-refractivity contribution >= 4 is 26.5 Å². The highest BCUT2D eigenvalue weighted by Crippen LogP contribution is 2.31. The maximum absolute atomic E-state index is 14.6. The van der Waals surface area contributed by atoms with Gasteiger partial charge in [0.15, 0.2) is 9.84 Å². The van der Waals surface area contributed by atoms with Gasteiger partial charge in [-0.3, -0.25) is 9.78 Å². The van der Waals surface area contributed by atoms with Crippen molar-refractivity contribution in [3.63, 3.8) is 0 Å². The zero-order valence-corrected chi connectivity index (χ0v) is 17.4. The molecule has 5 nitrogen and oxygen atoms in total. The van der Waals surface area contributed by atoms with Crippen LogP contribution in [0.25, 0.3) is 22.0 Å². The number of fused-ring (bicyclic) bond motifs is 1. The molecule has 0 aliphatic rings. The third kappa shape index (κ3) is 4.25. The first-order valence-corrected chi connectivity index (χ1v) is 11.1. The van der Waals surface area contributed by atoms with Crippen molar-refractivity contribution in [3.8, 4) is 11.1 Å². The van der Waals surface area contributed by atoms with Gasteiger partial charge in [0.05, 0.1) is 15.8 Å². The number of halogens is 2. The van der Waals surface area contributed by atoms with Gasteiger partial charge in [0.25, 0.3) is 0 Å². The molecule has 0 N–H and O–H groups in total. The summed E-state index contributed by atoms with van der Waals surface area (Å²) in [4.78, 5) is 15.2. The molecule has 2 aromatic heterocycles. The maximum atomic E-state index is 14.6. The molecule has 158 valence electrons. The molecule has 0 aliphatic heterocycles. The van der Waals surface area contributed by atoms with Crippen LogP contribution in [0.5, 0.6) is 0 Å². The Morgan fingerprint density at radius 1 is 1.06 bits per heavy atom. The van der Waals surface area contributed by atoms with E-state index in [9.17, 15) is 22.0 Å². The van der Waals surface area contributed by atoms with Crippen LogP contribution < -0.4 is 0 Å². The van der Waals surface area contributed by atoms with Crippen molar-refractivity contribution in [2.45, 2.75) is 18.4 Å². The maximum Gasteiger partial charge on any atom is 0.187 e. The van der Waals surface area contributed by atoms with E-state index in [2.05, 4.69) is 4.98 Å². The van der Waals surface area contributed by atoms with Crippen LogP contribution >= 0.6 is 0 Å². The Kier molecular flexibility index (Phi) is 5.41. The summed E-state index contributed by atoms with van der Waals surface area (Å²) in [6.07, 6.45) is 4.66. The predicted molar refractivity (Wildman–Crippen MR) is 113 cm³/mol. The van der Waals surface area contributed by atoms with E-state index in [-0.39, 0.29) is 22.3 Å². The lowest BCUT2D eigenvalue weighted by molar-refractivity contribution is -0.114. The first-order valence-electron chi connectivity index (χ1n) is 9.44. The standard InChI is InChI=1S/C23H18F2N2O3S/c1-15(28)14-31(29,30)22-13-27(21-10-19(24)9-20(25)23(21)22)12-16-4-2-5-17(8-16)18-6-3-7-26-11-18/h2-11,13H,12,14H2,1H3. The van der Waals surface area contributed by atoms with Crippen molar-refractivity contribution in [2.75, 3.05) is 5.75 Å². The summed E-state index contributed by atoms with van der Waals surface area (Å²) >= 11 is 0. The Hall–Kier alpha value is -3.39. The molecule has 0 fully saturated rings. The average molecular weight is 440 g/mol. The lowest BCUT2D eigenvalue weighted by Gasteiger charge is -2.08. The predicted octanol–water partition coefficient (Wildman–Crippen LogP) is 4.39. The van der Waals surface area contributed by atoms with Crippen molar-refractivity contribution in [2.24, 2.45) is 0 Å². The molecule has 0 radical (unpaired) electrons. The number of Topliss-reactive ketones (excluding diaryl/α,β-unsaturated/α-hetero) is 1. The summed E-state index contributed by atoms with van der Waals surface area (Å²) in [7, 11) is -4.09. The number of carbonyl (C=O) groups excluding carboxylic acids is 1. The largest absolute Gasteiger partial charge is 0.342 e. The van der Waals surface area contributed by atoms with Gasteiger partial charge in [-0.05, 0) is 41.8 Å².